The minimum Gasteiger partial charge on any atom is -0.468 e. The average Bonchev–Trinajstić information content (AvgIpc) is 3.32. The second-order valence-corrected chi connectivity index (χ2v) is 9.59. The highest BCUT2D eigenvalue weighted by molar-refractivity contribution is 7.99. The fourth-order valence-electron chi connectivity index (χ4n) is 3.76. The lowest BCUT2D eigenvalue weighted by molar-refractivity contribution is -0.118. The van der Waals surface area contributed by atoms with Gasteiger partial charge in [-0.05, 0) is 49.3 Å². The minimum absolute atomic E-state index is 0.0355. The number of hydrogen-bond donors (Lipinski definition) is 1. The lowest BCUT2D eigenvalue weighted by Crippen LogP contribution is -2.38. The molecule has 1 unspecified atom stereocenters. The molecule has 3 rings (SSSR count). The SMILES string of the molecule is CCN(CC)C(CNC(=O)CSc1nc2ccc(Cl)cc2c(=O)n1CC(C)C)c1ccco1. The number of carbonyl (C=O) groups is 1. The molecule has 0 bridgehead atoms. The van der Waals surface area contributed by atoms with E-state index in [-0.39, 0.29) is 29.2 Å². The summed E-state index contributed by atoms with van der Waals surface area (Å²) in [5.74, 6) is 1.11. The monoisotopic (exact) mass is 490 g/mol. The van der Waals surface area contributed by atoms with Gasteiger partial charge in [-0.3, -0.25) is 19.1 Å². The van der Waals surface area contributed by atoms with Gasteiger partial charge in [0, 0.05) is 18.1 Å². The smallest absolute Gasteiger partial charge is 0.262 e. The third kappa shape index (κ3) is 6.40. The molecule has 9 heteroatoms. The van der Waals surface area contributed by atoms with Crippen molar-refractivity contribution in [2.45, 2.75) is 45.4 Å². The fourth-order valence-corrected chi connectivity index (χ4v) is 4.77. The average molecular weight is 491 g/mol. The van der Waals surface area contributed by atoms with Gasteiger partial charge in [0.1, 0.15) is 5.76 Å². The van der Waals surface area contributed by atoms with Crippen LogP contribution in [-0.4, -0.2) is 45.7 Å². The second kappa shape index (κ2) is 11.7. The van der Waals surface area contributed by atoms with Crippen LogP contribution in [0.15, 0.2) is 51.0 Å². The standard InChI is InChI=1S/C24H31ClN4O3S/c1-5-28(6-2)20(21-8-7-11-32-21)13-26-22(30)15-33-24-27-19-10-9-17(25)12-18(19)23(31)29(24)14-16(3)4/h7-12,16,20H,5-6,13-15H2,1-4H3,(H,26,30). The van der Waals surface area contributed by atoms with Crippen LogP contribution in [0.1, 0.15) is 39.5 Å². The van der Waals surface area contributed by atoms with Crippen LogP contribution in [0.5, 0.6) is 0 Å². The predicted molar refractivity (Wildman–Crippen MR) is 134 cm³/mol. The van der Waals surface area contributed by atoms with Gasteiger partial charge in [-0.25, -0.2) is 4.98 Å². The van der Waals surface area contributed by atoms with Gasteiger partial charge in [0.2, 0.25) is 5.91 Å². The van der Waals surface area contributed by atoms with Crippen molar-refractivity contribution in [2.75, 3.05) is 25.4 Å². The molecule has 0 saturated heterocycles. The molecule has 1 atom stereocenters. The van der Waals surface area contributed by atoms with E-state index < -0.39 is 0 Å². The Bertz CT molecular complexity index is 1130. The van der Waals surface area contributed by atoms with E-state index in [4.69, 9.17) is 16.0 Å². The summed E-state index contributed by atoms with van der Waals surface area (Å²) in [6.07, 6.45) is 1.65. The number of aromatic nitrogens is 2. The van der Waals surface area contributed by atoms with Crippen LogP contribution in [0, 0.1) is 5.92 Å². The van der Waals surface area contributed by atoms with Gasteiger partial charge >= 0.3 is 0 Å². The van der Waals surface area contributed by atoms with Crippen LogP contribution in [0.25, 0.3) is 10.9 Å². The van der Waals surface area contributed by atoms with Crippen molar-refractivity contribution in [1.82, 2.24) is 19.8 Å². The molecule has 2 aromatic heterocycles. The minimum atomic E-state index is -0.140. The number of nitrogens with one attached hydrogen (secondary N) is 1. The Morgan fingerprint density at radius 2 is 2.03 bits per heavy atom. The zero-order chi connectivity index (χ0) is 24.0. The molecule has 7 nitrogen and oxygen atoms in total. The largest absolute Gasteiger partial charge is 0.468 e. The van der Waals surface area contributed by atoms with Crippen LogP contribution >= 0.6 is 23.4 Å². The van der Waals surface area contributed by atoms with E-state index in [1.165, 1.54) is 11.8 Å². The third-order valence-electron chi connectivity index (χ3n) is 5.38. The Kier molecular flexibility index (Phi) is 9.00. The van der Waals surface area contributed by atoms with Gasteiger partial charge in [-0.2, -0.15) is 0 Å². The molecule has 3 aromatic rings. The molecular formula is C24H31ClN4O3S. The van der Waals surface area contributed by atoms with Gasteiger partial charge < -0.3 is 9.73 Å². The van der Waals surface area contributed by atoms with Gasteiger partial charge in [0.15, 0.2) is 5.16 Å². The maximum atomic E-state index is 13.1. The Morgan fingerprint density at radius 1 is 1.27 bits per heavy atom. The normalized spacial score (nSPS) is 12.6. The number of likely N-dealkylation sites (N-methyl/N-ethyl adjacent to an activating group) is 1. The maximum absolute atomic E-state index is 13.1. The van der Waals surface area contributed by atoms with Crippen LogP contribution < -0.4 is 10.9 Å². The summed E-state index contributed by atoms with van der Waals surface area (Å²) in [5.41, 5.74) is 0.435. The first-order chi connectivity index (χ1) is 15.8. The molecule has 1 amide bonds. The summed E-state index contributed by atoms with van der Waals surface area (Å²) < 4.78 is 7.24. The quantitative estimate of drug-likeness (QED) is 0.313. The molecule has 0 saturated carbocycles. The molecule has 0 radical (unpaired) electrons. The zero-order valence-corrected chi connectivity index (χ0v) is 21.1. The summed E-state index contributed by atoms with van der Waals surface area (Å²) in [7, 11) is 0. The van der Waals surface area contributed by atoms with E-state index in [1.807, 2.05) is 26.0 Å². The van der Waals surface area contributed by atoms with Crippen molar-refractivity contribution in [1.29, 1.82) is 0 Å². The van der Waals surface area contributed by atoms with Crippen molar-refractivity contribution in [2.24, 2.45) is 5.92 Å². The summed E-state index contributed by atoms with van der Waals surface area (Å²) in [6, 6.07) is 8.85. The van der Waals surface area contributed by atoms with Gasteiger partial charge in [0.05, 0.1) is 29.0 Å². The van der Waals surface area contributed by atoms with E-state index in [1.54, 1.807) is 29.0 Å². The predicted octanol–water partition coefficient (Wildman–Crippen LogP) is 4.59. The van der Waals surface area contributed by atoms with Crippen LogP contribution in [-0.2, 0) is 11.3 Å². The topological polar surface area (TPSA) is 80.4 Å². The third-order valence-corrected chi connectivity index (χ3v) is 6.59. The Labute approximate surface area is 203 Å². The molecule has 1 N–H and O–H groups in total. The van der Waals surface area contributed by atoms with E-state index in [0.29, 0.717) is 34.2 Å². The molecule has 33 heavy (non-hydrogen) atoms. The molecule has 0 aliphatic carbocycles. The number of fused-ring (bicyclic) bond motifs is 1. The van der Waals surface area contributed by atoms with Crippen molar-refractivity contribution in [3.63, 3.8) is 0 Å². The van der Waals surface area contributed by atoms with Gasteiger partial charge in [-0.15, -0.1) is 0 Å². The number of nitrogens with zero attached hydrogens (tertiary/aromatic N) is 3. The van der Waals surface area contributed by atoms with Crippen molar-refractivity contribution in [3.05, 3.63) is 57.7 Å². The Balaban J connectivity index is 1.74. The van der Waals surface area contributed by atoms with E-state index >= 15 is 0 Å². The summed E-state index contributed by atoms with van der Waals surface area (Å²) in [5, 5.41) is 4.53. The number of benzene rings is 1. The number of thioether (sulfide) groups is 1. The number of rotatable bonds is 11. The maximum Gasteiger partial charge on any atom is 0.262 e. The molecule has 0 spiro atoms. The van der Waals surface area contributed by atoms with Crippen molar-refractivity contribution in [3.8, 4) is 0 Å². The van der Waals surface area contributed by atoms with Crippen LogP contribution in [0.3, 0.4) is 0 Å². The molecule has 1 aromatic carbocycles. The van der Waals surface area contributed by atoms with Gasteiger partial charge in [0.25, 0.3) is 5.56 Å². The first kappa shape index (κ1) is 25.3. The molecule has 0 fully saturated rings. The number of halogens is 1. The Hall–Kier alpha value is -2.29. The summed E-state index contributed by atoms with van der Waals surface area (Å²) in [4.78, 5) is 32.7. The van der Waals surface area contributed by atoms with Crippen molar-refractivity contribution >= 4 is 40.2 Å². The highest BCUT2D eigenvalue weighted by Gasteiger charge is 2.22. The summed E-state index contributed by atoms with van der Waals surface area (Å²) >= 11 is 7.36. The fraction of sp³-hybridized carbons (Fsp3) is 0.458. The van der Waals surface area contributed by atoms with E-state index in [9.17, 15) is 9.59 Å². The number of carbonyl (C=O) groups excluding carboxylic acids is 1. The number of furan rings is 1. The first-order valence-electron chi connectivity index (χ1n) is 11.2. The van der Waals surface area contributed by atoms with Crippen molar-refractivity contribution < 1.29 is 9.21 Å². The lowest BCUT2D eigenvalue weighted by atomic mass is 10.2. The highest BCUT2D eigenvalue weighted by atomic mass is 35.5. The molecule has 0 aliphatic rings. The first-order valence-corrected chi connectivity index (χ1v) is 12.6. The zero-order valence-electron chi connectivity index (χ0n) is 19.5. The molecule has 178 valence electrons. The highest BCUT2D eigenvalue weighted by Crippen LogP contribution is 2.22. The van der Waals surface area contributed by atoms with E-state index in [0.717, 1.165) is 18.8 Å². The molecular weight excluding hydrogens is 460 g/mol. The summed E-state index contributed by atoms with van der Waals surface area (Å²) in [6.45, 7) is 10.9. The number of hydrogen-bond acceptors (Lipinski definition) is 6. The second-order valence-electron chi connectivity index (χ2n) is 8.21. The molecule has 2 heterocycles. The van der Waals surface area contributed by atoms with Gasteiger partial charge in [-0.1, -0.05) is 51.1 Å². The lowest BCUT2D eigenvalue weighted by Gasteiger charge is -2.28. The van der Waals surface area contributed by atoms with Crippen LogP contribution in [0.4, 0.5) is 0 Å². The van der Waals surface area contributed by atoms with E-state index in [2.05, 4.69) is 29.0 Å². The molecule has 0 aliphatic heterocycles. The number of amides is 1. The van der Waals surface area contributed by atoms with Crippen LogP contribution in [0.2, 0.25) is 5.02 Å². The Morgan fingerprint density at radius 3 is 2.67 bits per heavy atom.